The van der Waals surface area contributed by atoms with Crippen LogP contribution in [-0.4, -0.2) is 86.5 Å². The summed E-state index contributed by atoms with van der Waals surface area (Å²) in [5, 5.41) is 45.5. The molecule has 1 unspecified atom stereocenters. The number of amides is 1. The molecule has 1 aliphatic heterocycles. The smallest absolute Gasteiger partial charge is 0.255 e. The number of rotatable bonds is 3. The molecule has 2 aromatic carbocycles. The molecule has 3 atom stereocenters. The molecule has 6 N–H and O–H groups in total. The molecule has 0 bridgehead atoms. The third-order valence-electron chi connectivity index (χ3n) is 8.93. The van der Waals surface area contributed by atoms with Gasteiger partial charge >= 0.3 is 0 Å². The number of likely N-dealkylation sites (N-methyl/N-ethyl adjacent to an activating group) is 1. The highest BCUT2D eigenvalue weighted by Gasteiger charge is 2.59. The maximum absolute atomic E-state index is 13.8. The van der Waals surface area contributed by atoms with Gasteiger partial charge in [-0.15, -0.1) is 0 Å². The van der Waals surface area contributed by atoms with E-state index in [-0.39, 0.29) is 29.7 Å². The first-order valence-corrected chi connectivity index (χ1v) is 13.2. The summed E-state index contributed by atoms with van der Waals surface area (Å²) < 4.78 is 0. The van der Waals surface area contributed by atoms with Gasteiger partial charge in [-0.3, -0.25) is 19.3 Å². The Bertz CT molecular complexity index is 1520. The molecule has 1 saturated heterocycles. The zero-order valence-electron chi connectivity index (χ0n) is 21.6. The molecule has 0 radical (unpaired) electrons. The number of aliphatic hydroxyl groups is 3. The van der Waals surface area contributed by atoms with Crippen molar-refractivity contribution in [2.24, 2.45) is 17.6 Å². The fourth-order valence-corrected chi connectivity index (χ4v) is 6.80. The highest BCUT2D eigenvalue weighted by molar-refractivity contribution is 6.24. The molecule has 6 rings (SSSR count). The van der Waals surface area contributed by atoms with Crippen molar-refractivity contribution in [3.63, 3.8) is 0 Å². The number of aliphatic hydroxyl groups excluding tert-OH is 2. The highest BCUT2D eigenvalue weighted by Crippen LogP contribution is 2.52. The minimum atomic E-state index is -2.56. The van der Waals surface area contributed by atoms with Crippen molar-refractivity contribution in [3.05, 3.63) is 63.6 Å². The average molecular weight is 534 g/mol. The lowest BCUT2D eigenvalue weighted by atomic mass is 9.60. The average Bonchev–Trinajstić information content (AvgIpc) is 2.88. The van der Waals surface area contributed by atoms with E-state index < -0.39 is 52.0 Å². The van der Waals surface area contributed by atoms with Gasteiger partial charge in [0.25, 0.3) is 5.91 Å². The number of carbonyl (C=O) groups excluding carboxylic acids is 3. The van der Waals surface area contributed by atoms with Crippen LogP contribution in [0.4, 0.5) is 0 Å². The highest BCUT2D eigenvalue weighted by atomic mass is 16.3. The van der Waals surface area contributed by atoms with E-state index in [1.165, 1.54) is 0 Å². The number of aromatic hydroxyl groups is 1. The first-order valence-electron chi connectivity index (χ1n) is 13.2. The second kappa shape index (κ2) is 8.90. The molecule has 10 heteroatoms. The number of nitrogens with two attached hydrogens (primary N) is 1. The van der Waals surface area contributed by atoms with E-state index in [0.717, 1.165) is 37.1 Å². The summed E-state index contributed by atoms with van der Waals surface area (Å²) in [6, 6.07) is 7.69. The Balaban J connectivity index is 1.40. The Kier molecular flexibility index (Phi) is 5.83. The van der Waals surface area contributed by atoms with Crippen LogP contribution < -0.4 is 5.73 Å². The predicted molar refractivity (Wildman–Crippen MR) is 141 cm³/mol. The lowest BCUT2D eigenvalue weighted by molar-refractivity contribution is -0.144. The number of fused-ring (bicyclic) bond motifs is 4. The summed E-state index contributed by atoms with van der Waals surface area (Å²) in [6.07, 6.45) is 0.168. The van der Waals surface area contributed by atoms with Crippen molar-refractivity contribution in [1.29, 1.82) is 0 Å². The van der Waals surface area contributed by atoms with Crippen LogP contribution >= 0.6 is 0 Å². The maximum atomic E-state index is 13.8. The second-order valence-electron chi connectivity index (χ2n) is 11.3. The number of hydrogen-bond acceptors (Lipinski definition) is 9. The molecule has 1 heterocycles. The quantitative estimate of drug-likeness (QED) is 0.368. The van der Waals surface area contributed by atoms with Gasteiger partial charge in [0.1, 0.15) is 22.8 Å². The first-order chi connectivity index (χ1) is 18.5. The fraction of sp³-hybridized carbons (Fsp3) is 0.414. The van der Waals surface area contributed by atoms with Gasteiger partial charge < -0.3 is 31.1 Å². The molecule has 204 valence electrons. The van der Waals surface area contributed by atoms with E-state index >= 15 is 0 Å². The minimum Gasteiger partial charge on any atom is -0.511 e. The van der Waals surface area contributed by atoms with Gasteiger partial charge in [-0.2, -0.15) is 0 Å². The SMILES string of the molecule is CN1CCN(Cc2ccc3cc4c(c(O)c3c2)C(=O)C2=C(O)[C@]3(O)C(=O)C(C(N)=O)=C(O)C[C@@H]3CC2C4)CC1. The van der Waals surface area contributed by atoms with E-state index in [9.17, 15) is 34.8 Å². The molecule has 0 saturated carbocycles. The third kappa shape index (κ3) is 3.77. The summed E-state index contributed by atoms with van der Waals surface area (Å²) in [4.78, 5) is 43.3. The molecule has 0 spiro atoms. The van der Waals surface area contributed by atoms with Gasteiger partial charge in [-0.05, 0) is 48.4 Å². The lowest BCUT2D eigenvalue weighted by Gasteiger charge is -2.45. The molecule has 4 aliphatic rings. The number of Topliss-reactive ketones (excluding diaryl/α,β-unsaturated/α-hetero) is 2. The van der Waals surface area contributed by atoms with E-state index in [2.05, 4.69) is 16.8 Å². The minimum absolute atomic E-state index is 0.0378. The number of phenolic OH excluding ortho intramolecular Hbond substituents is 1. The number of phenols is 1. The monoisotopic (exact) mass is 533 g/mol. The molecular weight excluding hydrogens is 502 g/mol. The van der Waals surface area contributed by atoms with Crippen LogP contribution in [0.3, 0.4) is 0 Å². The van der Waals surface area contributed by atoms with Crippen LogP contribution in [0.5, 0.6) is 5.75 Å². The molecular formula is C29H31N3O7. The summed E-state index contributed by atoms with van der Waals surface area (Å²) >= 11 is 0. The van der Waals surface area contributed by atoms with Crippen molar-refractivity contribution in [2.45, 2.75) is 31.4 Å². The van der Waals surface area contributed by atoms with Crippen molar-refractivity contribution in [1.82, 2.24) is 9.80 Å². The van der Waals surface area contributed by atoms with Gasteiger partial charge in [0.2, 0.25) is 5.78 Å². The zero-order valence-corrected chi connectivity index (χ0v) is 21.6. The summed E-state index contributed by atoms with van der Waals surface area (Å²) in [7, 11) is 2.09. The van der Waals surface area contributed by atoms with Crippen LogP contribution in [0.1, 0.15) is 34.3 Å². The standard InChI is InChI=1S/C29H31N3O7/c1-31-4-6-32(7-5-31)13-14-2-3-15-9-16-10-17-11-18-12-20(33)23(28(30)38)27(37)29(18,39)26(36)22(17)25(35)21(16)24(34)19(15)8-14/h2-3,8-9,17-18,33-34,36,39H,4-7,10-13H2,1H3,(H2,30,38)/t17?,18-,29-/m0/s1. The van der Waals surface area contributed by atoms with Crippen LogP contribution in [0, 0.1) is 11.8 Å². The van der Waals surface area contributed by atoms with E-state index in [4.69, 9.17) is 5.73 Å². The Morgan fingerprint density at radius 2 is 1.79 bits per heavy atom. The molecule has 3 aliphatic carbocycles. The Morgan fingerprint density at radius 3 is 2.49 bits per heavy atom. The second-order valence-corrected chi connectivity index (χ2v) is 11.3. The van der Waals surface area contributed by atoms with Gasteiger partial charge in [-0.1, -0.05) is 18.2 Å². The topological polar surface area (TPSA) is 165 Å². The van der Waals surface area contributed by atoms with E-state index in [0.29, 0.717) is 23.9 Å². The molecule has 1 amide bonds. The summed E-state index contributed by atoms with van der Waals surface area (Å²) in [5.41, 5.74) is 3.42. The van der Waals surface area contributed by atoms with Crippen molar-refractivity contribution < 1.29 is 34.8 Å². The van der Waals surface area contributed by atoms with Crippen molar-refractivity contribution in [2.75, 3.05) is 33.2 Å². The number of piperazine rings is 1. The number of carbonyl (C=O) groups is 3. The van der Waals surface area contributed by atoms with Gasteiger partial charge in [-0.25, -0.2) is 0 Å². The molecule has 0 aromatic heterocycles. The number of ketones is 2. The molecule has 10 nitrogen and oxygen atoms in total. The Labute approximate surface area is 224 Å². The zero-order chi connectivity index (χ0) is 27.8. The first kappa shape index (κ1) is 25.5. The summed E-state index contributed by atoms with van der Waals surface area (Å²) in [5.74, 6) is -6.16. The summed E-state index contributed by atoms with van der Waals surface area (Å²) in [6.45, 7) is 4.54. The lowest BCUT2D eigenvalue weighted by Crippen LogP contribution is -2.57. The number of hydrogen-bond donors (Lipinski definition) is 5. The van der Waals surface area contributed by atoms with Crippen LogP contribution in [0.25, 0.3) is 10.8 Å². The number of allylic oxidation sites excluding steroid dienone is 2. The largest absolute Gasteiger partial charge is 0.511 e. The Hall–Kier alpha value is -3.73. The fourth-order valence-electron chi connectivity index (χ4n) is 6.80. The third-order valence-corrected chi connectivity index (χ3v) is 8.93. The van der Waals surface area contributed by atoms with E-state index in [1.54, 1.807) is 0 Å². The molecule has 39 heavy (non-hydrogen) atoms. The molecule has 2 aromatic rings. The van der Waals surface area contributed by atoms with Crippen LogP contribution in [0.2, 0.25) is 0 Å². The van der Waals surface area contributed by atoms with Crippen LogP contribution in [-0.2, 0) is 22.6 Å². The van der Waals surface area contributed by atoms with E-state index in [1.807, 2.05) is 24.3 Å². The maximum Gasteiger partial charge on any atom is 0.255 e. The Morgan fingerprint density at radius 1 is 1.08 bits per heavy atom. The normalized spacial score (nSPS) is 27.9. The van der Waals surface area contributed by atoms with Gasteiger partial charge in [0.05, 0.1) is 5.56 Å². The molecule has 1 fully saturated rings. The predicted octanol–water partition coefficient (Wildman–Crippen LogP) is 1.48. The number of benzene rings is 2. The number of primary amides is 1. The number of nitrogens with zero attached hydrogens (tertiary/aromatic N) is 2. The van der Waals surface area contributed by atoms with Crippen LogP contribution in [0.15, 0.2) is 46.9 Å². The van der Waals surface area contributed by atoms with Crippen molar-refractivity contribution >= 4 is 28.2 Å². The van der Waals surface area contributed by atoms with Gasteiger partial charge in [0.15, 0.2) is 11.4 Å². The van der Waals surface area contributed by atoms with Crippen molar-refractivity contribution in [3.8, 4) is 5.75 Å². The van der Waals surface area contributed by atoms with Gasteiger partial charge in [0, 0.05) is 56.0 Å².